The summed E-state index contributed by atoms with van der Waals surface area (Å²) in [6.45, 7) is 39.6. The maximum atomic E-state index is 4.67. The van der Waals surface area contributed by atoms with E-state index < -0.39 is 0 Å². The first-order chi connectivity index (χ1) is 32.2. The van der Waals surface area contributed by atoms with Crippen molar-refractivity contribution in [1.82, 2.24) is 0 Å². The molecule has 1 aliphatic heterocycles. The van der Waals surface area contributed by atoms with Gasteiger partial charge in [-0.05, 0) is 156 Å². The molecule has 0 saturated carbocycles. The highest BCUT2D eigenvalue weighted by molar-refractivity contribution is 5.95. The standard InChI is InChI=1S/C51H53N.C7H8.2C2H6.2C2H2/c1-12-41(23-17-31(2)3)52-30-40(38-21-25-44-46(29-38)51(10,11)47-27-35(7)36(8)50(44)47)20-18-33(5)45-28-39(22-26-48(45)52)43-24-19-34(6)49(37(43)9)42-16-14-13-15-32(42)4;1-7-5-3-2-4-6-7;4*1-2/h12-26,28-31,41H,1,5,27H2,2-4,6-11H3;2-6H,1H3;2*1-2H3;2*1-2H/b20-18-,23-17-,40-30+;;;;;. The predicted octanol–water partition coefficient (Wildman–Crippen LogP) is 18.5. The number of hydrogen-bond donors (Lipinski definition) is 0. The van der Waals surface area contributed by atoms with Crippen molar-refractivity contribution < 1.29 is 0 Å². The first-order valence-corrected chi connectivity index (χ1v) is 23.9. The summed E-state index contributed by atoms with van der Waals surface area (Å²) in [5.74, 6) is 0.429. The predicted molar refractivity (Wildman–Crippen MR) is 301 cm³/mol. The van der Waals surface area contributed by atoms with Crippen LogP contribution in [-0.2, 0) is 5.41 Å². The van der Waals surface area contributed by atoms with E-state index in [0.717, 1.165) is 28.8 Å². The summed E-state index contributed by atoms with van der Waals surface area (Å²) < 4.78 is 0. The average molecular weight is 884 g/mol. The third-order valence-electron chi connectivity index (χ3n) is 12.8. The van der Waals surface area contributed by atoms with Gasteiger partial charge in [-0.2, -0.15) is 0 Å². The van der Waals surface area contributed by atoms with Crippen LogP contribution in [0.1, 0.15) is 120 Å². The monoisotopic (exact) mass is 884 g/mol. The van der Waals surface area contributed by atoms with Crippen molar-refractivity contribution >= 4 is 22.4 Å². The molecule has 0 radical (unpaired) electrons. The van der Waals surface area contributed by atoms with Gasteiger partial charge in [0.25, 0.3) is 0 Å². The molecule has 67 heavy (non-hydrogen) atoms. The Balaban J connectivity index is 0.000000698. The fraction of sp³-hybridized carbons (Fsp3) is 0.273. The van der Waals surface area contributed by atoms with E-state index in [1.807, 2.05) is 45.9 Å². The Bertz CT molecular complexity index is 2700. The summed E-state index contributed by atoms with van der Waals surface area (Å²) in [6.07, 6.45) is 30.5. The molecule has 0 amide bonds. The van der Waals surface area contributed by atoms with Gasteiger partial charge in [0, 0.05) is 22.9 Å². The molecule has 2 aliphatic carbocycles. The van der Waals surface area contributed by atoms with Crippen LogP contribution < -0.4 is 4.90 Å². The fourth-order valence-electron chi connectivity index (χ4n) is 9.17. The summed E-state index contributed by atoms with van der Waals surface area (Å²) in [6, 6.07) is 37.5. The molecule has 0 aromatic heterocycles. The van der Waals surface area contributed by atoms with Gasteiger partial charge in [-0.1, -0.05) is 188 Å². The van der Waals surface area contributed by atoms with E-state index >= 15 is 0 Å². The lowest BCUT2D eigenvalue weighted by molar-refractivity contribution is 0.623. The third kappa shape index (κ3) is 12.0. The maximum Gasteiger partial charge on any atom is 0.0698 e. The van der Waals surface area contributed by atoms with E-state index in [1.165, 1.54) is 77.9 Å². The summed E-state index contributed by atoms with van der Waals surface area (Å²) >= 11 is 0. The molecule has 8 rings (SSSR count). The number of hydrogen-bond acceptors (Lipinski definition) is 1. The molecule has 1 heterocycles. The first kappa shape index (κ1) is 54.5. The Labute approximate surface area is 408 Å². The number of nitrogens with zero attached hydrogens (tertiary/aromatic N) is 1. The van der Waals surface area contributed by atoms with Crippen LogP contribution in [0, 0.1) is 59.3 Å². The number of anilines is 1. The van der Waals surface area contributed by atoms with Gasteiger partial charge in [0.05, 0.1) is 6.04 Å². The molecule has 0 fully saturated rings. The number of aryl methyl sites for hydroxylation is 3. The van der Waals surface area contributed by atoms with Crippen molar-refractivity contribution in [3.63, 3.8) is 0 Å². The van der Waals surface area contributed by atoms with Crippen molar-refractivity contribution in [3.8, 4) is 47.9 Å². The van der Waals surface area contributed by atoms with Gasteiger partial charge in [0.2, 0.25) is 0 Å². The van der Waals surface area contributed by atoms with Crippen LogP contribution in [0.5, 0.6) is 0 Å². The molecule has 0 bridgehead atoms. The number of fused-ring (bicyclic) bond motifs is 3. The van der Waals surface area contributed by atoms with Crippen molar-refractivity contribution in [2.75, 3.05) is 4.90 Å². The number of allylic oxidation sites excluding steroid dienone is 9. The van der Waals surface area contributed by atoms with E-state index in [9.17, 15) is 0 Å². The van der Waals surface area contributed by atoms with Crippen LogP contribution in [0.25, 0.3) is 39.0 Å². The highest BCUT2D eigenvalue weighted by Gasteiger charge is 2.41. The summed E-state index contributed by atoms with van der Waals surface area (Å²) in [7, 11) is 0. The van der Waals surface area contributed by atoms with Crippen LogP contribution in [-0.4, -0.2) is 6.04 Å². The van der Waals surface area contributed by atoms with Crippen LogP contribution in [0.2, 0.25) is 0 Å². The molecule has 0 N–H and O–H groups in total. The van der Waals surface area contributed by atoms with E-state index in [2.05, 4.69) is 234 Å². The highest BCUT2D eigenvalue weighted by atomic mass is 15.1. The lowest BCUT2D eigenvalue weighted by atomic mass is 9.78. The molecule has 1 unspecified atom stereocenters. The van der Waals surface area contributed by atoms with E-state index in [1.54, 1.807) is 5.57 Å². The topological polar surface area (TPSA) is 3.24 Å². The zero-order valence-corrected chi connectivity index (χ0v) is 43.3. The zero-order chi connectivity index (χ0) is 50.2. The molecular weight excluding hydrogens is 807 g/mol. The Hall–Kier alpha value is -6.80. The minimum atomic E-state index is -0.0397. The average Bonchev–Trinajstić information content (AvgIpc) is 3.77. The lowest BCUT2D eigenvalue weighted by Gasteiger charge is -2.32. The van der Waals surface area contributed by atoms with Crippen LogP contribution in [0.4, 0.5) is 5.69 Å². The van der Waals surface area contributed by atoms with Crippen LogP contribution in [0.3, 0.4) is 0 Å². The van der Waals surface area contributed by atoms with Gasteiger partial charge in [-0.3, -0.25) is 0 Å². The zero-order valence-electron chi connectivity index (χ0n) is 43.3. The van der Waals surface area contributed by atoms with Gasteiger partial charge in [0.15, 0.2) is 0 Å². The Kier molecular flexibility index (Phi) is 20.5. The van der Waals surface area contributed by atoms with E-state index in [-0.39, 0.29) is 11.5 Å². The first-order valence-electron chi connectivity index (χ1n) is 23.9. The number of rotatable bonds is 7. The van der Waals surface area contributed by atoms with Crippen molar-refractivity contribution in [2.24, 2.45) is 5.92 Å². The van der Waals surface area contributed by atoms with E-state index in [0.29, 0.717) is 5.92 Å². The molecule has 1 nitrogen and oxygen atoms in total. The smallest absolute Gasteiger partial charge is 0.0698 e. The third-order valence-corrected chi connectivity index (χ3v) is 12.8. The second kappa shape index (κ2) is 25.2. The summed E-state index contributed by atoms with van der Waals surface area (Å²) in [5, 5.41) is 0. The largest absolute Gasteiger partial charge is 0.336 e. The van der Waals surface area contributed by atoms with Gasteiger partial charge in [0.1, 0.15) is 0 Å². The van der Waals surface area contributed by atoms with Crippen molar-refractivity contribution in [1.29, 1.82) is 0 Å². The molecule has 346 valence electrons. The molecule has 5 aromatic rings. The van der Waals surface area contributed by atoms with Crippen LogP contribution >= 0.6 is 0 Å². The second-order valence-corrected chi connectivity index (χ2v) is 17.7. The molecule has 0 saturated heterocycles. The molecule has 0 spiro atoms. The number of terminal acetylenes is 2. The molecule has 3 aliphatic rings. The van der Waals surface area contributed by atoms with Crippen molar-refractivity contribution in [3.05, 3.63) is 214 Å². The van der Waals surface area contributed by atoms with E-state index in [4.69, 9.17) is 0 Å². The maximum absolute atomic E-state index is 4.67. The Morgan fingerprint density at radius 3 is 1.85 bits per heavy atom. The van der Waals surface area contributed by atoms with Gasteiger partial charge >= 0.3 is 0 Å². The van der Waals surface area contributed by atoms with Crippen LogP contribution in [0.15, 0.2) is 170 Å². The van der Waals surface area contributed by atoms with Gasteiger partial charge < -0.3 is 4.90 Å². The molecule has 5 aromatic carbocycles. The summed E-state index contributed by atoms with van der Waals surface area (Å²) in [5.41, 5.74) is 24.7. The highest BCUT2D eigenvalue weighted by Crippen LogP contribution is 2.55. The van der Waals surface area contributed by atoms with Gasteiger partial charge in [-0.25, -0.2) is 0 Å². The molecule has 1 atom stereocenters. The quantitative estimate of drug-likeness (QED) is 0.116. The minimum Gasteiger partial charge on any atom is -0.336 e. The molecular formula is C66H77N. The molecule has 1 heteroatoms. The fourth-order valence-corrected chi connectivity index (χ4v) is 9.17. The normalized spacial score (nSPS) is 15.6. The van der Waals surface area contributed by atoms with Crippen molar-refractivity contribution in [2.45, 2.75) is 115 Å². The Morgan fingerprint density at radius 2 is 1.25 bits per heavy atom. The minimum absolute atomic E-state index is 0.00525. The lowest BCUT2D eigenvalue weighted by Crippen LogP contribution is -2.28. The second-order valence-electron chi connectivity index (χ2n) is 17.7. The SMILES string of the molecule is C#C.C#C.C=CC(/C=C\C(C)C)N1/C=C(c2ccc3c(c2)C(C)(C)C2=C3C(C)=C(C)C2)\C=C/C(=C)c2cc(-c3ccc(C)c(-c4ccccc4C)c3C)ccc21.CC.CC.Cc1ccccc1. The number of benzene rings is 5. The van der Waals surface area contributed by atoms with Gasteiger partial charge in [-0.15, -0.1) is 32.3 Å². The summed E-state index contributed by atoms with van der Waals surface area (Å²) in [4.78, 5) is 2.39. The Morgan fingerprint density at radius 1 is 0.642 bits per heavy atom.